The lowest BCUT2D eigenvalue weighted by Crippen LogP contribution is -2.73. The van der Waals surface area contributed by atoms with Gasteiger partial charge in [-0.25, -0.2) is 8.42 Å². The molecule has 3 heterocycles. The van der Waals surface area contributed by atoms with Crippen molar-refractivity contribution in [3.05, 3.63) is 30.3 Å². The third-order valence-electron chi connectivity index (χ3n) is 6.16. The number of hydrogen-bond donors (Lipinski definition) is 1. The van der Waals surface area contributed by atoms with Gasteiger partial charge in [0.1, 0.15) is 23.2 Å². The summed E-state index contributed by atoms with van der Waals surface area (Å²) in [7, 11) is -2.05. The van der Waals surface area contributed by atoms with Gasteiger partial charge < -0.3 is 19.3 Å². The van der Waals surface area contributed by atoms with Crippen molar-refractivity contribution in [2.45, 2.75) is 72.2 Å². The van der Waals surface area contributed by atoms with E-state index in [1.165, 1.54) is 16.1 Å². The number of methoxy groups -OCH3 is 1. The van der Waals surface area contributed by atoms with E-state index >= 15 is 0 Å². The Morgan fingerprint density at radius 1 is 1.28 bits per heavy atom. The van der Waals surface area contributed by atoms with Crippen LogP contribution in [0, 0.1) is 0 Å². The topological polar surface area (TPSA) is 85.3 Å². The van der Waals surface area contributed by atoms with Crippen LogP contribution in [-0.4, -0.2) is 78.2 Å². The normalized spacial score (nSPS) is 38.0. The maximum Gasteiger partial charge on any atom is 0.219 e. The Morgan fingerprint density at radius 3 is 2.59 bits per heavy atom. The molecule has 4 rings (SSSR count). The highest BCUT2D eigenvalue weighted by Crippen LogP contribution is 2.51. The second kappa shape index (κ2) is 7.47. The smallest absolute Gasteiger partial charge is 0.219 e. The second-order valence-electron chi connectivity index (χ2n) is 8.81. The molecular formula is C20H29NO6S2. The molecule has 0 aromatic heterocycles. The maximum absolute atomic E-state index is 13.3. The second-order valence-corrected chi connectivity index (χ2v) is 12.6. The van der Waals surface area contributed by atoms with E-state index in [0.717, 1.165) is 4.90 Å². The van der Waals surface area contributed by atoms with Crippen LogP contribution in [0.2, 0.25) is 0 Å². The van der Waals surface area contributed by atoms with Crippen molar-refractivity contribution in [3.8, 4) is 0 Å². The summed E-state index contributed by atoms with van der Waals surface area (Å²) in [5.74, 6) is 0. The van der Waals surface area contributed by atoms with Gasteiger partial charge in [-0.15, -0.1) is 0 Å². The molecule has 0 spiro atoms. The molecule has 1 N–H and O–H groups in total. The molecule has 0 unspecified atom stereocenters. The van der Waals surface area contributed by atoms with Gasteiger partial charge in [0, 0.05) is 18.6 Å². The predicted octanol–water partition coefficient (Wildman–Crippen LogP) is 1.85. The van der Waals surface area contributed by atoms with Crippen LogP contribution in [0.5, 0.6) is 0 Å². The molecule has 162 valence electrons. The fourth-order valence-electron chi connectivity index (χ4n) is 4.50. The Hall–Kier alpha value is -0.680. The molecule has 7 nitrogen and oxygen atoms in total. The quantitative estimate of drug-likeness (QED) is 0.760. The number of rotatable bonds is 4. The van der Waals surface area contributed by atoms with Gasteiger partial charge in [-0.2, -0.15) is 4.31 Å². The third-order valence-corrected chi connectivity index (χ3v) is 9.90. The molecule has 3 fully saturated rings. The molecule has 6 atom stereocenters. The van der Waals surface area contributed by atoms with Crippen LogP contribution in [0.4, 0.5) is 0 Å². The summed E-state index contributed by atoms with van der Waals surface area (Å²) in [6.07, 6.45) is -1.54. The van der Waals surface area contributed by atoms with Crippen LogP contribution < -0.4 is 0 Å². The molecule has 0 aliphatic carbocycles. The minimum Gasteiger partial charge on any atom is -0.386 e. The Kier molecular flexibility index (Phi) is 5.55. The Bertz CT molecular complexity index is 842. The lowest BCUT2D eigenvalue weighted by molar-refractivity contribution is -0.234. The summed E-state index contributed by atoms with van der Waals surface area (Å²) in [6.45, 7) is 5.58. The average molecular weight is 444 g/mol. The zero-order valence-corrected chi connectivity index (χ0v) is 18.8. The molecule has 1 aromatic rings. The average Bonchev–Trinajstić information content (AvgIpc) is 2.95. The monoisotopic (exact) mass is 443 g/mol. The number of benzene rings is 1. The molecule has 29 heavy (non-hydrogen) atoms. The lowest BCUT2D eigenvalue weighted by atomic mass is 9.78. The van der Waals surface area contributed by atoms with Gasteiger partial charge >= 0.3 is 0 Å². The van der Waals surface area contributed by atoms with Gasteiger partial charge in [0.2, 0.25) is 10.0 Å². The van der Waals surface area contributed by atoms with Crippen molar-refractivity contribution in [1.82, 2.24) is 4.31 Å². The van der Waals surface area contributed by atoms with Crippen molar-refractivity contribution in [3.63, 3.8) is 0 Å². The molecule has 0 saturated carbocycles. The summed E-state index contributed by atoms with van der Waals surface area (Å²) in [5, 5.41) is 11.2. The highest BCUT2D eigenvalue weighted by molar-refractivity contribution is 7.99. The number of ether oxygens (including phenoxy) is 3. The van der Waals surface area contributed by atoms with Gasteiger partial charge in [0.05, 0.1) is 23.5 Å². The van der Waals surface area contributed by atoms with Gasteiger partial charge in [-0.05, 0) is 39.3 Å². The minimum absolute atomic E-state index is 0.219. The number of piperidine rings is 1. The molecule has 0 radical (unpaired) electrons. The molecule has 2 bridgehead atoms. The first kappa shape index (κ1) is 21.5. The van der Waals surface area contributed by atoms with Crippen molar-refractivity contribution in [2.75, 3.05) is 20.3 Å². The molecule has 1 aromatic carbocycles. The Morgan fingerprint density at radius 2 is 1.97 bits per heavy atom. The van der Waals surface area contributed by atoms with E-state index in [2.05, 4.69) is 0 Å². The molecule has 3 aliphatic rings. The first-order valence-electron chi connectivity index (χ1n) is 9.85. The Labute approximate surface area is 176 Å². The molecule has 3 saturated heterocycles. The third kappa shape index (κ3) is 3.35. The summed E-state index contributed by atoms with van der Waals surface area (Å²) in [5.41, 5.74) is -1.46. The molecule has 9 heteroatoms. The number of nitrogens with zero attached hydrogens (tertiary/aromatic N) is 1. The van der Waals surface area contributed by atoms with Crippen LogP contribution in [0.1, 0.15) is 27.2 Å². The largest absolute Gasteiger partial charge is 0.386 e. The first-order valence-corrected chi connectivity index (χ1v) is 12.2. The van der Waals surface area contributed by atoms with Crippen LogP contribution in [0.15, 0.2) is 35.2 Å². The van der Waals surface area contributed by atoms with E-state index in [1.807, 2.05) is 30.3 Å². The highest BCUT2D eigenvalue weighted by Gasteiger charge is 2.68. The van der Waals surface area contributed by atoms with Crippen LogP contribution in [0.25, 0.3) is 0 Å². The summed E-state index contributed by atoms with van der Waals surface area (Å²) < 4.78 is 45.3. The summed E-state index contributed by atoms with van der Waals surface area (Å²) in [4.78, 5) is 0.976. The summed E-state index contributed by atoms with van der Waals surface area (Å²) in [6, 6.07) is 9.18. The highest BCUT2D eigenvalue weighted by atomic mass is 32.2. The van der Waals surface area contributed by atoms with Crippen molar-refractivity contribution in [1.29, 1.82) is 0 Å². The van der Waals surface area contributed by atoms with Crippen LogP contribution in [0.3, 0.4) is 0 Å². The van der Waals surface area contributed by atoms with E-state index in [0.29, 0.717) is 6.42 Å². The van der Waals surface area contributed by atoms with Crippen LogP contribution >= 0.6 is 11.8 Å². The molecular weight excluding hydrogens is 414 g/mol. The molecule has 0 amide bonds. The van der Waals surface area contributed by atoms with E-state index in [-0.39, 0.29) is 13.2 Å². The number of thioether (sulfide) groups is 1. The lowest BCUT2D eigenvalue weighted by Gasteiger charge is -2.54. The summed E-state index contributed by atoms with van der Waals surface area (Å²) >= 11 is 1.43. The van der Waals surface area contributed by atoms with E-state index in [4.69, 9.17) is 14.2 Å². The molecule has 3 aliphatic heterocycles. The minimum atomic E-state index is -3.60. The van der Waals surface area contributed by atoms with Gasteiger partial charge in [0.25, 0.3) is 0 Å². The number of sulfonamides is 1. The van der Waals surface area contributed by atoms with Crippen LogP contribution in [-0.2, 0) is 24.2 Å². The van der Waals surface area contributed by atoms with Gasteiger partial charge in [0.15, 0.2) is 0 Å². The van der Waals surface area contributed by atoms with Gasteiger partial charge in [-0.3, -0.25) is 0 Å². The fraction of sp³-hybridized carbons (Fsp3) is 0.700. The maximum atomic E-state index is 13.3. The van der Waals surface area contributed by atoms with Crippen molar-refractivity contribution in [2.24, 2.45) is 0 Å². The van der Waals surface area contributed by atoms with E-state index in [9.17, 15) is 13.5 Å². The Balaban J connectivity index is 1.69. The SMILES string of the molecule is CO[C@@H]1CO[C@]23CCN(S(=O)(=O)C(C)(C)C)[C@H]1[C@H]2O[C@H](Sc1ccccc1)[C@@H]3O. The van der Waals surface area contributed by atoms with Crippen molar-refractivity contribution < 1.29 is 27.7 Å². The number of hydrogen-bond acceptors (Lipinski definition) is 7. The first-order chi connectivity index (χ1) is 13.6. The number of aliphatic hydroxyl groups excluding tert-OH is 1. The predicted molar refractivity (Wildman–Crippen MR) is 110 cm³/mol. The fourth-order valence-corrected chi connectivity index (χ4v) is 7.22. The standard InChI is InChI=1S/C20H29NO6S2/c1-19(2,3)29(23,24)21-11-10-20-16(22)18(28-13-8-6-5-7-9-13)27-17(20)15(21)14(25-4)12-26-20/h5-9,14-18,22H,10-12H2,1-4H3/t14-,15-,16+,17-,18-,20+/m1/s1. The van der Waals surface area contributed by atoms with Crippen molar-refractivity contribution >= 4 is 21.8 Å². The zero-order valence-electron chi connectivity index (χ0n) is 17.1. The number of aliphatic hydroxyl groups is 1. The van der Waals surface area contributed by atoms with Gasteiger partial charge in [-0.1, -0.05) is 30.0 Å². The zero-order chi connectivity index (χ0) is 21.0. The van der Waals surface area contributed by atoms with E-state index in [1.54, 1.807) is 27.9 Å². The van der Waals surface area contributed by atoms with E-state index < -0.39 is 50.2 Å².